The summed E-state index contributed by atoms with van der Waals surface area (Å²) < 4.78 is 0. The molecule has 0 atom stereocenters. The molecule has 0 unspecified atom stereocenters. The van der Waals surface area contributed by atoms with Crippen LogP contribution in [0.4, 0.5) is 5.69 Å². The molecule has 0 bridgehead atoms. The van der Waals surface area contributed by atoms with Gasteiger partial charge in [-0.3, -0.25) is 5.10 Å². The van der Waals surface area contributed by atoms with Gasteiger partial charge in [-0.25, -0.2) is 4.98 Å². The number of anilines is 1. The van der Waals surface area contributed by atoms with Gasteiger partial charge < -0.3 is 5.32 Å². The molecule has 80 valence electrons. The van der Waals surface area contributed by atoms with E-state index in [1.54, 1.807) is 11.3 Å². The number of aryl methyl sites for hydroxylation is 3. The Kier molecular flexibility index (Phi) is 2.73. The number of aromatic nitrogens is 3. The topological polar surface area (TPSA) is 53.6 Å². The van der Waals surface area contributed by atoms with E-state index in [0.717, 1.165) is 11.6 Å². The lowest BCUT2D eigenvalue weighted by atomic mass is 10.3. The van der Waals surface area contributed by atoms with Crippen LogP contribution in [0.1, 0.15) is 22.1 Å². The minimum absolute atomic E-state index is 0.669. The normalized spacial score (nSPS) is 10.6. The van der Waals surface area contributed by atoms with Crippen LogP contribution in [0.2, 0.25) is 0 Å². The van der Waals surface area contributed by atoms with E-state index in [4.69, 9.17) is 0 Å². The fourth-order valence-corrected chi connectivity index (χ4v) is 2.29. The van der Waals surface area contributed by atoms with Gasteiger partial charge in [0.15, 0.2) is 5.82 Å². The van der Waals surface area contributed by atoms with E-state index in [1.807, 2.05) is 6.92 Å². The first-order valence-electron chi connectivity index (χ1n) is 4.83. The van der Waals surface area contributed by atoms with E-state index < -0.39 is 0 Å². The number of rotatable bonds is 3. The van der Waals surface area contributed by atoms with Gasteiger partial charge in [0, 0.05) is 4.88 Å². The average Bonchev–Trinajstić information content (AvgIpc) is 2.73. The van der Waals surface area contributed by atoms with E-state index in [9.17, 15) is 0 Å². The Morgan fingerprint density at radius 3 is 2.73 bits per heavy atom. The fraction of sp³-hybridized carbons (Fsp3) is 0.400. The summed E-state index contributed by atoms with van der Waals surface area (Å²) >= 11 is 1.76. The van der Waals surface area contributed by atoms with Crippen molar-refractivity contribution in [3.63, 3.8) is 0 Å². The van der Waals surface area contributed by atoms with Gasteiger partial charge in [0.25, 0.3) is 0 Å². The molecule has 0 spiro atoms. The van der Waals surface area contributed by atoms with Gasteiger partial charge in [0.1, 0.15) is 5.82 Å². The summed E-state index contributed by atoms with van der Waals surface area (Å²) in [4.78, 5) is 5.55. The lowest BCUT2D eigenvalue weighted by Crippen LogP contribution is -2.02. The maximum Gasteiger partial charge on any atom is 0.169 e. The molecule has 2 aromatic rings. The Labute approximate surface area is 92.8 Å². The summed E-state index contributed by atoms with van der Waals surface area (Å²) in [5, 5.41) is 12.4. The highest BCUT2D eigenvalue weighted by molar-refractivity contribution is 7.10. The Morgan fingerprint density at radius 2 is 2.20 bits per heavy atom. The molecule has 0 saturated carbocycles. The third-order valence-electron chi connectivity index (χ3n) is 2.23. The van der Waals surface area contributed by atoms with Crippen molar-refractivity contribution >= 4 is 17.0 Å². The zero-order valence-electron chi connectivity index (χ0n) is 9.09. The molecule has 0 aliphatic heterocycles. The van der Waals surface area contributed by atoms with Crippen LogP contribution in [0.15, 0.2) is 5.38 Å². The fourth-order valence-electron chi connectivity index (χ4n) is 1.47. The van der Waals surface area contributed by atoms with Crippen molar-refractivity contribution in [2.75, 3.05) is 5.32 Å². The minimum atomic E-state index is 0.669. The van der Waals surface area contributed by atoms with Crippen molar-refractivity contribution in [3.05, 3.63) is 27.5 Å². The van der Waals surface area contributed by atoms with Crippen LogP contribution in [0.25, 0.3) is 0 Å². The first kappa shape index (κ1) is 10.2. The molecule has 0 saturated heterocycles. The Morgan fingerprint density at radius 1 is 1.40 bits per heavy atom. The van der Waals surface area contributed by atoms with Gasteiger partial charge in [-0.2, -0.15) is 5.10 Å². The van der Waals surface area contributed by atoms with Crippen LogP contribution in [0, 0.1) is 20.8 Å². The van der Waals surface area contributed by atoms with Gasteiger partial charge in [0.2, 0.25) is 0 Å². The Hall–Kier alpha value is -1.36. The van der Waals surface area contributed by atoms with Crippen molar-refractivity contribution in [2.45, 2.75) is 27.3 Å². The lowest BCUT2D eigenvalue weighted by molar-refractivity contribution is 0.952. The second kappa shape index (κ2) is 4.02. The first-order valence-corrected chi connectivity index (χ1v) is 5.71. The molecule has 0 aliphatic rings. The summed E-state index contributed by atoms with van der Waals surface area (Å²) in [5.41, 5.74) is 2.49. The van der Waals surface area contributed by atoms with Crippen LogP contribution < -0.4 is 5.32 Å². The summed E-state index contributed by atoms with van der Waals surface area (Å²) in [6.45, 7) is 6.79. The average molecular weight is 222 g/mol. The maximum atomic E-state index is 4.24. The Bertz CT molecular complexity index is 438. The number of nitrogens with one attached hydrogen (secondary N) is 2. The predicted molar refractivity (Wildman–Crippen MR) is 62.2 cm³/mol. The quantitative estimate of drug-likeness (QED) is 0.838. The number of hydrogen-bond donors (Lipinski definition) is 2. The van der Waals surface area contributed by atoms with Crippen molar-refractivity contribution in [1.29, 1.82) is 0 Å². The molecule has 0 aliphatic carbocycles. The second-order valence-electron chi connectivity index (χ2n) is 3.54. The number of hydrogen-bond acceptors (Lipinski definition) is 4. The number of H-pyrrole nitrogens is 1. The van der Waals surface area contributed by atoms with Gasteiger partial charge in [-0.15, -0.1) is 11.3 Å². The molecule has 0 amide bonds. The molecule has 15 heavy (non-hydrogen) atoms. The second-order valence-corrected chi connectivity index (χ2v) is 4.62. The number of aromatic amines is 1. The summed E-state index contributed by atoms with van der Waals surface area (Å²) in [7, 11) is 0. The molecule has 2 heterocycles. The van der Waals surface area contributed by atoms with E-state index >= 15 is 0 Å². The lowest BCUT2D eigenvalue weighted by Gasteiger charge is -2.04. The molecule has 2 aromatic heterocycles. The monoisotopic (exact) mass is 222 g/mol. The van der Waals surface area contributed by atoms with Crippen molar-refractivity contribution in [2.24, 2.45) is 0 Å². The standard InChI is InChI=1S/C10H14N4S/c1-6-5-15-7(2)10(6)11-4-9-12-8(3)13-14-9/h5,11H,4H2,1-3H3,(H,12,13,14). The Balaban J connectivity index is 2.05. The van der Waals surface area contributed by atoms with Gasteiger partial charge in [-0.1, -0.05) is 0 Å². The highest BCUT2D eigenvalue weighted by atomic mass is 32.1. The molecule has 4 nitrogen and oxygen atoms in total. The molecule has 2 N–H and O–H groups in total. The number of thiophene rings is 1. The zero-order valence-corrected chi connectivity index (χ0v) is 9.90. The zero-order chi connectivity index (χ0) is 10.8. The molecule has 0 aromatic carbocycles. The minimum Gasteiger partial charge on any atom is -0.377 e. The molecule has 2 rings (SSSR count). The predicted octanol–water partition coefficient (Wildman–Crippen LogP) is 2.40. The SMILES string of the molecule is Cc1nc(CNc2c(C)csc2C)n[nH]1. The highest BCUT2D eigenvalue weighted by Gasteiger charge is 2.05. The van der Waals surface area contributed by atoms with E-state index in [0.29, 0.717) is 6.54 Å². The van der Waals surface area contributed by atoms with Crippen molar-refractivity contribution in [3.8, 4) is 0 Å². The third-order valence-corrected chi connectivity index (χ3v) is 3.25. The number of nitrogens with zero attached hydrogens (tertiary/aromatic N) is 2. The molecule has 5 heteroatoms. The van der Waals surface area contributed by atoms with Crippen LogP contribution in [0.3, 0.4) is 0 Å². The van der Waals surface area contributed by atoms with E-state index in [2.05, 4.69) is 39.7 Å². The summed E-state index contributed by atoms with van der Waals surface area (Å²) in [6.07, 6.45) is 0. The molecular weight excluding hydrogens is 208 g/mol. The summed E-state index contributed by atoms with van der Waals surface area (Å²) in [6, 6.07) is 0. The molecular formula is C10H14N4S. The summed E-state index contributed by atoms with van der Waals surface area (Å²) in [5.74, 6) is 1.66. The molecule has 0 fully saturated rings. The van der Waals surface area contributed by atoms with Crippen LogP contribution >= 0.6 is 11.3 Å². The van der Waals surface area contributed by atoms with Crippen LogP contribution in [0.5, 0.6) is 0 Å². The van der Waals surface area contributed by atoms with E-state index in [-0.39, 0.29) is 0 Å². The largest absolute Gasteiger partial charge is 0.377 e. The van der Waals surface area contributed by atoms with Gasteiger partial charge >= 0.3 is 0 Å². The molecule has 0 radical (unpaired) electrons. The van der Waals surface area contributed by atoms with Crippen molar-refractivity contribution < 1.29 is 0 Å². The van der Waals surface area contributed by atoms with Crippen LogP contribution in [-0.2, 0) is 6.54 Å². The smallest absolute Gasteiger partial charge is 0.169 e. The first-order chi connectivity index (χ1) is 7.16. The highest BCUT2D eigenvalue weighted by Crippen LogP contribution is 2.26. The van der Waals surface area contributed by atoms with Crippen molar-refractivity contribution in [1.82, 2.24) is 15.2 Å². The van der Waals surface area contributed by atoms with Crippen LogP contribution in [-0.4, -0.2) is 15.2 Å². The maximum absolute atomic E-state index is 4.24. The van der Waals surface area contributed by atoms with Gasteiger partial charge in [0.05, 0.1) is 12.2 Å². The van der Waals surface area contributed by atoms with Gasteiger partial charge in [-0.05, 0) is 31.7 Å². The third kappa shape index (κ3) is 2.18. The van der Waals surface area contributed by atoms with E-state index in [1.165, 1.54) is 16.1 Å².